The van der Waals surface area contributed by atoms with E-state index < -0.39 is 0 Å². The van der Waals surface area contributed by atoms with Crippen molar-refractivity contribution in [3.63, 3.8) is 0 Å². The number of ether oxygens (including phenoxy) is 1. The molecule has 0 atom stereocenters. The van der Waals surface area contributed by atoms with Crippen molar-refractivity contribution in [2.24, 2.45) is 4.99 Å². The molecule has 116 valence electrons. The third kappa shape index (κ3) is 3.78. The summed E-state index contributed by atoms with van der Waals surface area (Å²) >= 11 is 1.57. The molecule has 2 N–H and O–H groups in total. The van der Waals surface area contributed by atoms with Gasteiger partial charge in [0.25, 0.3) is 0 Å². The first-order chi connectivity index (χ1) is 10.7. The van der Waals surface area contributed by atoms with E-state index in [0.29, 0.717) is 28.0 Å². The van der Waals surface area contributed by atoms with Crippen molar-refractivity contribution < 1.29 is 4.74 Å². The van der Waals surface area contributed by atoms with Crippen LogP contribution in [-0.4, -0.2) is 31.2 Å². The highest BCUT2D eigenvalue weighted by atomic mass is 32.2. The van der Waals surface area contributed by atoms with Gasteiger partial charge in [0, 0.05) is 23.4 Å². The molecule has 0 unspecified atom stereocenters. The van der Waals surface area contributed by atoms with E-state index in [1.807, 2.05) is 12.3 Å². The van der Waals surface area contributed by atoms with Gasteiger partial charge in [-0.2, -0.15) is 0 Å². The zero-order valence-electron chi connectivity index (χ0n) is 12.7. The van der Waals surface area contributed by atoms with Gasteiger partial charge in [-0.15, -0.1) is 11.8 Å². The number of pyridine rings is 1. The Balaban J connectivity index is 2.41. The predicted octanol–water partition coefficient (Wildman–Crippen LogP) is 2.84. The molecular formula is C16H19N3O2S. The topological polar surface area (TPSA) is 66.5 Å². The second-order valence-corrected chi connectivity index (χ2v) is 5.39. The van der Waals surface area contributed by atoms with Crippen LogP contribution in [0.3, 0.4) is 0 Å². The van der Waals surface area contributed by atoms with Crippen LogP contribution in [0.4, 0.5) is 0 Å². The van der Waals surface area contributed by atoms with Crippen LogP contribution in [-0.2, 0) is 0 Å². The molecule has 0 aliphatic carbocycles. The molecule has 22 heavy (non-hydrogen) atoms. The van der Waals surface area contributed by atoms with Gasteiger partial charge in [0.05, 0.1) is 24.0 Å². The maximum Gasteiger partial charge on any atom is 0.190 e. The second kappa shape index (κ2) is 7.82. The molecule has 0 aliphatic heterocycles. The van der Waals surface area contributed by atoms with E-state index in [0.717, 1.165) is 12.4 Å². The van der Waals surface area contributed by atoms with Crippen LogP contribution in [0, 0.1) is 0 Å². The summed E-state index contributed by atoms with van der Waals surface area (Å²) in [5, 5.41) is 5.70. The maximum atomic E-state index is 12.2. The fourth-order valence-electron chi connectivity index (χ4n) is 1.96. The fourth-order valence-corrected chi connectivity index (χ4v) is 2.73. The van der Waals surface area contributed by atoms with E-state index in [1.54, 1.807) is 43.1 Å². The highest BCUT2D eigenvalue weighted by molar-refractivity contribution is 8.02. The van der Waals surface area contributed by atoms with E-state index in [-0.39, 0.29) is 5.43 Å². The van der Waals surface area contributed by atoms with Gasteiger partial charge < -0.3 is 15.0 Å². The van der Waals surface area contributed by atoms with E-state index in [9.17, 15) is 4.79 Å². The number of aromatic amines is 1. The van der Waals surface area contributed by atoms with E-state index in [4.69, 9.17) is 4.74 Å². The fraction of sp³-hybridized carbons (Fsp3) is 0.250. The average Bonchev–Trinajstić information content (AvgIpc) is 2.54. The molecule has 6 heteroatoms. The first-order valence-corrected chi connectivity index (χ1v) is 7.95. The summed E-state index contributed by atoms with van der Waals surface area (Å²) in [4.78, 5) is 19.5. The van der Waals surface area contributed by atoms with Crippen LogP contribution in [0.5, 0.6) is 5.75 Å². The minimum Gasteiger partial charge on any atom is -0.497 e. The number of hydrogen-bond acceptors (Lipinski definition) is 5. The molecule has 0 amide bonds. The van der Waals surface area contributed by atoms with Crippen LogP contribution in [0.2, 0.25) is 0 Å². The third-order valence-electron chi connectivity index (χ3n) is 3.11. The molecule has 2 aromatic rings. The highest BCUT2D eigenvalue weighted by Gasteiger charge is 2.06. The average molecular weight is 317 g/mol. The molecule has 1 aromatic heterocycles. The van der Waals surface area contributed by atoms with Crippen molar-refractivity contribution in [1.29, 1.82) is 0 Å². The molecule has 0 bridgehead atoms. The summed E-state index contributed by atoms with van der Waals surface area (Å²) in [5.41, 5.74) is 1.94. The van der Waals surface area contributed by atoms with Gasteiger partial charge in [-0.05, 0) is 30.8 Å². The summed E-state index contributed by atoms with van der Waals surface area (Å²) < 4.78 is 5.20. The Labute approximate surface area is 133 Å². The van der Waals surface area contributed by atoms with Gasteiger partial charge in [-0.25, -0.2) is 0 Å². The summed E-state index contributed by atoms with van der Waals surface area (Å²) in [5.74, 6) is 1.47. The number of H-pyrrole nitrogens is 1. The summed E-state index contributed by atoms with van der Waals surface area (Å²) in [6, 6.07) is 6.86. The molecule has 1 heterocycles. The van der Waals surface area contributed by atoms with Gasteiger partial charge in [0.1, 0.15) is 5.75 Å². The quantitative estimate of drug-likeness (QED) is 0.468. The van der Waals surface area contributed by atoms with Gasteiger partial charge in [-0.3, -0.25) is 9.79 Å². The lowest BCUT2D eigenvalue weighted by atomic mass is 10.1. The molecular weight excluding hydrogens is 298 g/mol. The number of rotatable bonds is 7. The van der Waals surface area contributed by atoms with Gasteiger partial charge >= 0.3 is 0 Å². The predicted molar refractivity (Wildman–Crippen MR) is 94.8 cm³/mol. The molecule has 0 saturated carbocycles. The Hall–Kier alpha value is -2.05. The number of benzene rings is 1. The zero-order valence-corrected chi connectivity index (χ0v) is 13.5. The summed E-state index contributed by atoms with van der Waals surface area (Å²) in [6.07, 6.45) is 0. The number of aromatic nitrogens is 1. The van der Waals surface area contributed by atoms with Gasteiger partial charge in [0.2, 0.25) is 0 Å². The molecule has 5 nitrogen and oxygen atoms in total. The lowest BCUT2D eigenvalue weighted by Gasteiger charge is -2.07. The smallest absolute Gasteiger partial charge is 0.190 e. The monoisotopic (exact) mass is 317 g/mol. The molecule has 1 aromatic carbocycles. The van der Waals surface area contributed by atoms with Crippen LogP contribution >= 0.6 is 11.8 Å². The minimum atomic E-state index is -0.0577. The molecule has 0 radical (unpaired) electrons. The van der Waals surface area contributed by atoms with Crippen molar-refractivity contribution in [2.75, 3.05) is 19.5 Å². The van der Waals surface area contributed by atoms with Crippen LogP contribution < -0.4 is 15.5 Å². The number of fused-ring (bicyclic) bond motifs is 1. The molecule has 0 spiro atoms. The number of nitrogens with one attached hydrogen (secondary N) is 2. The first-order valence-electron chi connectivity index (χ1n) is 6.90. The van der Waals surface area contributed by atoms with Gasteiger partial charge in [0.15, 0.2) is 5.43 Å². The zero-order chi connectivity index (χ0) is 15.9. The molecule has 2 rings (SSSR count). The molecule has 0 aliphatic rings. The van der Waals surface area contributed by atoms with E-state index in [1.165, 1.54) is 0 Å². The second-order valence-electron chi connectivity index (χ2n) is 4.53. The normalized spacial score (nSPS) is 11.6. The molecule has 0 saturated heterocycles. The number of methoxy groups -OCH3 is 1. The van der Waals surface area contributed by atoms with Crippen molar-refractivity contribution in [1.82, 2.24) is 10.3 Å². The highest BCUT2D eigenvalue weighted by Crippen LogP contribution is 2.21. The Morgan fingerprint density at radius 2 is 2.32 bits per heavy atom. The standard InChI is InChI=1S/C16H19N3O2S/c1-4-18-10-22-9-15(17-2)14-8-16(20)12-6-5-11(21-3)7-13(12)19-14/h5-9,18H,2,4,10H2,1,3H3,(H,19,20)/b15-9-. The van der Waals surface area contributed by atoms with Gasteiger partial charge in [-0.1, -0.05) is 6.92 Å². The number of nitrogens with zero attached hydrogens (tertiary/aromatic N) is 1. The largest absolute Gasteiger partial charge is 0.497 e. The van der Waals surface area contributed by atoms with Crippen molar-refractivity contribution in [3.05, 3.63) is 45.6 Å². The van der Waals surface area contributed by atoms with Crippen LogP contribution in [0.25, 0.3) is 16.6 Å². The Morgan fingerprint density at radius 1 is 1.50 bits per heavy atom. The lowest BCUT2D eigenvalue weighted by Crippen LogP contribution is -2.10. The summed E-state index contributed by atoms with van der Waals surface area (Å²) in [6.45, 7) is 6.53. The SMILES string of the molecule is C=N/C(=C\SCNCC)c1cc(=O)c2ccc(OC)cc2[nH]1. The maximum absolute atomic E-state index is 12.2. The summed E-state index contributed by atoms with van der Waals surface area (Å²) in [7, 11) is 1.59. The van der Waals surface area contributed by atoms with Crippen molar-refractivity contribution in [3.8, 4) is 5.75 Å². The Kier molecular flexibility index (Phi) is 5.80. The van der Waals surface area contributed by atoms with Crippen LogP contribution in [0.1, 0.15) is 12.6 Å². The Bertz CT molecular complexity index is 753. The van der Waals surface area contributed by atoms with E-state index in [2.05, 4.69) is 22.0 Å². The minimum absolute atomic E-state index is 0.0577. The Morgan fingerprint density at radius 3 is 3.00 bits per heavy atom. The van der Waals surface area contributed by atoms with Crippen molar-refractivity contribution >= 4 is 35.1 Å². The third-order valence-corrected chi connectivity index (χ3v) is 3.87. The van der Waals surface area contributed by atoms with Crippen molar-refractivity contribution in [2.45, 2.75) is 6.92 Å². The number of thioether (sulfide) groups is 1. The van der Waals surface area contributed by atoms with E-state index >= 15 is 0 Å². The molecule has 0 fully saturated rings. The number of aliphatic imine (C=N–C) groups is 1. The number of hydrogen-bond donors (Lipinski definition) is 2. The first kappa shape index (κ1) is 16.3. The lowest BCUT2D eigenvalue weighted by molar-refractivity contribution is 0.415. The van der Waals surface area contributed by atoms with Crippen LogP contribution in [0.15, 0.2) is 39.5 Å².